The molecule has 0 radical (unpaired) electrons. The highest BCUT2D eigenvalue weighted by molar-refractivity contribution is 6.31. The summed E-state index contributed by atoms with van der Waals surface area (Å²) in [6.45, 7) is 0.783. The Bertz CT molecular complexity index is 1830. The highest BCUT2D eigenvalue weighted by Crippen LogP contribution is 2.28. The van der Waals surface area contributed by atoms with Gasteiger partial charge in [0.15, 0.2) is 11.5 Å². The molecule has 0 saturated heterocycles. The van der Waals surface area contributed by atoms with Crippen molar-refractivity contribution >= 4 is 34.6 Å². The second-order valence-corrected chi connectivity index (χ2v) is 9.46. The fraction of sp³-hybridized carbons (Fsp3) is 0.222. The molecule has 3 heterocycles. The van der Waals surface area contributed by atoms with Crippen molar-refractivity contribution in [2.45, 2.75) is 39.1 Å². The summed E-state index contributed by atoms with van der Waals surface area (Å²) < 4.78 is 42.3. The summed E-state index contributed by atoms with van der Waals surface area (Å²) in [6, 6.07) is 2.16. The molecule has 0 fully saturated rings. The smallest absolute Gasteiger partial charge is 0.388 e. The second-order valence-electron chi connectivity index (χ2n) is 9.02. The lowest BCUT2D eigenvalue weighted by atomic mass is 9.97. The van der Waals surface area contributed by atoms with Gasteiger partial charge in [-0.05, 0) is 54.2 Å². The van der Waals surface area contributed by atoms with Crippen LogP contribution in [0.1, 0.15) is 35.6 Å². The molecular formula is C27H22ClF3N6O2. The quantitative estimate of drug-likeness (QED) is 0.482. The number of hydrogen-bond donors (Lipinski definition) is 2. The number of hydrogen-bond acceptors (Lipinski definition) is 6. The molecular weight excluding hydrogens is 533 g/mol. The Morgan fingerprint density at radius 1 is 1.08 bits per heavy atom. The molecule has 0 aliphatic heterocycles. The summed E-state index contributed by atoms with van der Waals surface area (Å²) in [4.78, 5) is 18.0. The molecule has 3 aromatic heterocycles. The van der Waals surface area contributed by atoms with Gasteiger partial charge in [-0.1, -0.05) is 48.0 Å². The maximum atomic E-state index is 14.3. The van der Waals surface area contributed by atoms with E-state index in [1.807, 2.05) is 6.08 Å². The molecule has 5 rings (SSSR count). The van der Waals surface area contributed by atoms with Crippen molar-refractivity contribution in [2.24, 2.45) is 0 Å². The third-order valence-electron chi connectivity index (χ3n) is 6.62. The number of allylic oxidation sites excluding steroid dienone is 8. The Morgan fingerprint density at radius 2 is 1.79 bits per heavy atom. The molecule has 0 unspecified atom stereocenters. The minimum atomic E-state index is -4.60. The maximum Gasteiger partial charge on any atom is 0.433 e. The molecule has 200 valence electrons. The molecule has 0 saturated carbocycles. The zero-order chi connectivity index (χ0) is 27.9. The second kappa shape index (κ2) is 10.2. The zero-order valence-corrected chi connectivity index (χ0v) is 21.4. The van der Waals surface area contributed by atoms with E-state index >= 15 is 0 Å². The molecule has 2 aliphatic rings. The van der Waals surface area contributed by atoms with Crippen molar-refractivity contribution in [1.82, 2.24) is 24.4 Å². The van der Waals surface area contributed by atoms with Crippen LogP contribution in [0.25, 0.3) is 16.8 Å². The van der Waals surface area contributed by atoms with Gasteiger partial charge in [0.25, 0.3) is 5.56 Å². The standard InChI is InChI=1S/C27H22ClF3N6O2/c1-15-19(8-11-21(33-15)27(29,30)31)13-36-26(39)24(18-4-2-16(12-32)3-5-18)23(17-6-9-20(28)10-7-17)25-35-34-22(14-38)37(25)36/h2-4,6,8-12,32,38H,5,7,13-14H2,1H3. The first-order chi connectivity index (χ1) is 18.6. The fourth-order valence-corrected chi connectivity index (χ4v) is 4.78. The van der Waals surface area contributed by atoms with Crippen LogP contribution < -0.4 is 16.0 Å². The Morgan fingerprint density at radius 3 is 2.38 bits per heavy atom. The normalized spacial score (nSPS) is 18.4. The molecule has 8 nitrogen and oxygen atoms in total. The van der Waals surface area contributed by atoms with E-state index in [4.69, 9.17) is 17.0 Å². The van der Waals surface area contributed by atoms with Gasteiger partial charge >= 0.3 is 6.18 Å². The first kappa shape index (κ1) is 26.5. The van der Waals surface area contributed by atoms with Crippen LogP contribution in [0.5, 0.6) is 0 Å². The molecule has 39 heavy (non-hydrogen) atoms. The predicted octanol–water partition coefficient (Wildman–Crippen LogP) is 3.07. The third kappa shape index (κ3) is 4.90. The fourth-order valence-electron chi connectivity index (χ4n) is 4.64. The van der Waals surface area contributed by atoms with Gasteiger partial charge in [-0.25, -0.2) is 14.2 Å². The molecule has 3 aromatic rings. The molecule has 0 spiro atoms. The molecule has 2 aliphatic carbocycles. The maximum absolute atomic E-state index is 14.3. The summed E-state index contributed by atoms with van der Waals surface area (Å²) in [5.74, 6) is 0.0940. The van der Waals surface area contributed by atoms with E-state index in [0.29, 0.717) is 50.7 Å². The Labute approximate surface area is 224 Å². The van der Waals surface area contributed by atoms with E-state index in [1.54, 1.807) is 30.4 Å². The van der Waals surface area contributed by atoms with E-state index in [9.17, 15) is 23.1 Å². The number of pyridine rings is 1. The highest BCUT2D eigenvalue weighted by Gasteiger charge is 2.32. The van der Waals surface area contributed by atoms with Crippen molar-refractivity contribution in [3.05, 3.63) is 103 Å². The van der Waals surface area contributed by atoms with Crippen LogP contribution in [0.3, 0.4) is 0 Å². The lowest BCUT2D eigenvalue weighted by molar-refractivity contribution is -0.141. The SMILES string of the molecule is Cc1nc(C(F)(F)F)ccc1Cn1c(=O)c(=C2C=CC(C=N)=CC2)c(=C2C=CC(Cl)=CC2)c2nnc(CO)n21. The van der Waals surface area contributed by atoms with E-state index in [0.717, 1.165) is 11.6 Å². The Kier molecular flexibility index (Phi) is 6.96. The van der Waals surface area contributed by atoms with Crippen molar-refractivity contribution in [3.63, 3.8) is 0 Å². The molecule has 0 amide bonds. The lowest BCUT2D eigenvalue weighted by Gasteiger charge is -2.16. The summed E-state index contributed by atoms with van der Waals surface area (Å²) in [5.41, 5.74) is 1.46. The first-order valence-corrected chi connectivity index (χ1v) is 12.3. The minimum absolute atomic E-state index is 0.0940. The van der Waals surface area contributed by atoms with Crippen LogP contribution in [0, 0.1) is 12.3 Å². The average Bonchev–Trinajstić information content (AvgIpc) is 3.34. The Balaban J connectivity index is 1.86. The van der Waals surface area contributed by atoms with Crippen LogP contribution in [-0.2, 0) is 19.3 Å². The number of nitrogens with zero attached hydrogens (tertiary/aromatic N) is 5. The van der Waals surface area contributed by atoms with Crippen molar-refractivity contribution in [3.8, 4) is 0 Å². The number of rotatable bonds is 4. The monoisotopic (exact) mass is 554 g/mol. The summed E-state index contributed by atoms with van der Waals surface area (Å²) in [6.07, 6.45) is 8.04. The van der Waals surface area contributed by atoms with Crippen LogP contribution in [0.2, 0.25) is 0 Å². The molecule has 0 aromatic carbocycles. The zero-order valence-electron chi connectivity index (χ0n) is 20.6. The number of aryl methyl sites for hydroxylation is 1. The number of nitrogens with one attached hydrogen (secondary N) is 1. The molecule has 0 atom stereocenters. The highest BCUT2D eigenvalue weighted by atomic mass is 35.5. The van der Waals surface area contributed by atoms with E-state index < -0.39 is 24.0 Å². The number of aliphatic hydroxyl groups excluding tert-OH is 1. The van der Waals surface area contributed by atoms with Gasteiger partial charge in [0.2, 0.25) is 0 Å². The number of aromatic nitrogens is 5. The van der Waals surface area contributed by atoms with Gasteiger partial charge < -0.3 is 10.5 Å². The third-order valence-corrected chi connectivity index (χ3v) is 6.90. The van der Waals surface area contributed by atoms with E-state index in [2.05, 4.69) is 15.2 Å². The van der Waals surface area contributed by atoms with E-state index in [-0.39, 0.29) is 18.1 Å². The van der Waals surface area contributed by atoms with Gasteiger partial charge in [0.05, 0.1) is 11.8 Å². The van der Waals surface area contributed by atoms with Gasteiger partial charge in [-0.15, -0.1) is 10.2 Å². The summed E-state index contributed by atoms with van der Waals surface area (Å²) in [7, 11) is 0. The molecule has 0 bridgehead atoms. The van der Waals surface area contributed by atoms with Crippen LogP contribution >= 0.6 is 11.6 Å². The van der Waals surface area contributed by atoms with Crippen molar-refractivity contribution in [1.29, 1.82) is 5.41 Å². The molecule has 12 heteroatoms. The number of alkyl halides is 3. The average molecular weight is 555 g/mol. The number of aliphatic hydroxyl groups is 1. The van der Waals surface area contributed by atoms with Gasteiger partial charge in [-0.3, -0.25) is 4.79 Å². The summed E-state index contributed by atoms with van der Waals surface area (Å²) >= 11 is 6.14. The van der Waals surface area contributed by atoms with Gasteiger partial charge in [0.1, 0.15) is 12.3 Å². The lowest BCUT2D eigenvalue weighted by Crippen LogP contribution is -2.50. The largest absolute Gasteiger partial charge is 0.433 e. The van der Waals surface area contributed by atoms with Crippen LogP contribution in [0.15, 0.2) is 64.0 Å². The predicted molar refractivity (Wildman–Crippen MR) is 141 cm³/mol. The Hall–Kier alpha value is -4.09. The minimum Gasteiger partial charge on any atom is -0.388 e. The van der Waals surface area contributed by atoms with Crippen LogP contribution in [0.4, 0.5) is 13.2 Å². The molecule has 2 N–H and O–H groups in total. The number of fused-ring (bicyclic) bond motifs is 1. The van der Waals surface area contributed by atoms with Gasteiger partial charge in [0, 0.05) is 22.2 Å². The van der Waals surface area contributed by atoms with Crippen LogP contribution in [-0.4, -0.2) is 35.7 Å². The number of halogens is 4. The van der Waals surface area contributed by atoms with Crippen molar-refractivity contribution in [2.75, 3.05) is 0 Å². The summed E-state index contributed by atoms with van der Waals surface area (Å²) in [5, 5.41) is 27.4. The first-order valence-electron chi connectivity index (χ1n) is 11.9. The van der Waals surface area contributed by atoms with E-state index in [1.165, 1.54) is 28.4 Å². The topological polar surface area (TPSA) is 109 Å². The van der Waals surface area contributed by atoms with Gasteiger partial charge in [-0.2, -0.15) is 13.2 Å². The van der Waals surface area contributed by atoms with Crippen molar-refractivity contribution < 1.29 is 18.3 Å².